The summed E-state index contributed by atoms with van der Waals surface area (Å²) in [5.74, 6) is 1.35. The van der Waals surface area contributed by atoms with Gasteiger partial charge in [-0.2, -0.15) is 0 Å². The molecular formula is C15H19BrN4OS. The number of hydrogen-bond donors (Lipinski definition) is 3. The van der Waals surface area contributed by atoms with E-state index in [2.05, 4.69) is 22.4 Å². The summed E-state index contributed by atoms with van der Waals surface area (Å²) >= 11 is 1.60. The maximum Gasteiger partial charge on any atom is 0.192 e. The Morgan fingerprint density at radius 1 is 1.41 bits per heavy atom. The molecule has 3 rings (SSSR count). The average Bonchev–Trinajstić information content (AvgIpc) is 2.87. The number of benzene rings is 1. The zero-order chi connectivity index (χ0) is 14.8. The number of methoxy groups -OCH3 is 1. The molecule has 1 unspecified atom stereocenters. The van der Waals surface area contributed by atoms with Gasteiger partial charge in [-0.05, 0) is 42.9 Å². The second-order valence-electron chi connectivity index (χ2n) is 5.14. The molecule has 4 N–H and O–H groups in total. The summed E-state index contributed by atoms with van der Waals surface area (Å²) in [7, 11) is 1.68. The highest BCUT2D eigenvalue weighted by Gasteiger charge is 2.23. The van der Waals surface area contributed by atoms with Crippen LogP contribution < -0.4 is 15.8 Å². The second kappa shape index (κ2) is 7.11. The minimum absolute atomic E-state index is 0. The monoisotopic (exact) mass is 382 g/mol. The number of nitrogens with two attached hydrogens (primary N) is 1. The van der Waals surface area contributed by atoms with Gasteiger partial charge in [0.25, 0.3) is 0 Å². The van der Waals surface area contributed by atoms with Gasteiger partial charge >= 0.3 is 0 Å². The van der Waals surface area contributed by atoms with Crippen molar-refractivity contribution in [3.05, 3.63) is 40.4 Å². The Balaban J connectivity index is 0.00000176. The number of aryl methyl sites for hydroxylation is 1. The molecule has 1 aliphatic rings. The molecule has 0 spiro atoms. The molecule has 0 saturated carbocycles. The SMILES string of the molecule is Br.COc1ccc(C2CCc3nc(NC(=N)N)sc3C2)cc1. The summed E-state index contributed by atoms with van der Waals surface area (Å²) in [6.45, 7) is 0. The van der Waals surface area contributed by atoms with Crippen molar-refractivity contribution >= 4 is 39.4 Å². The molecule has 1 heterocycles. The van der Waals surface area contributed by atoms with E-state index in [4.69, 9.17) is 15.9 Å². The molecule has 1 aromatic carbocycles. The van der Waals surface area contributed by atoms with Crippen molar-refractivity contribution in [1.29, 1.82) is 5.41 Å². The first-order valence-corrected chi connectivity index (χ1v) is 7.71. The van der Waals surface area contributed by atoms with Gasteiger partial charge in [0.1, 0.15) is 5.75 Å². The minimum atomic E-state index is -0.0622. The van der Waals surface area contributed by atoms with Gasteiger partial charge in [0.2, 0.25) is 0 Å². The van der Waals surface area contributed by atoms with E-state index < -0.39 is 0 Å². The van der Waals surface area contributed by atoms with Crippen LogP contribution in [0.3, 0.4) is 0 Å². The first-order valence-electron chi connectivity index (χ1n) is 6.89. The van der Waals surface area contributed by atoms with Gasteiger partial charge in [-0.25, -0.2) is 4.98 Å². The van der Waals surface area contributed by atoms with Crippen LogP contribution in [-0.4, -0.2) is 18.1 Å². The molecule has 0 aliphatic heterocycles. The Labute approximate surface area is 144 Å². The van der Waals surface area contributed by atoms with Gasteiger partial charge in [0.05, 0.1) is 12.8 Å². The number of halogens is 1. The Hall–Kier alpha value is -1.60. The second-order valence-corrected chi connectivity index (χ2v) is 6.22. The number of aromatic nitrogens is 1. The van der Waals surface area contributed by atoms with Crippen molar-refractivity contribution < 1.29 is 4.74 Å². The van der Waals surface area contributed by atoms with Crippen LogP contribution in [0.15, 0.2) is 24.3 Å². The van der Waals surface area contributed by atoms with E-state index in [0.717, 1.165) is 35.8 Å². The standard InChI is InChI=1S/C15H18N4OS.BrH/c1-20-11-5-2-9(3-6-11)10-4-7-12-13(8-10)21-15(18-12)19-14(16)17;/h2-3,5-6,10H,4,7-8H2,1H3,(H4,16,17,18,19);1H. The van der Waals surface area contributed by atoms with Crippen molar-refractivity contribution in [3.8, 4) is 5.75 Å². The maximum absolute atomic E-state index is 7.28. The molecule has 7 heteroatoms. The van der Waals surface area contributed by atoms with Crippen molar-refractivity contribution in [1.82, 2.24) is 4.98 Å². The number of fused-ring (bicyclic) bond motifs is 1. The van der Waals surface area contributed by atoms with Crippen molar-refractivity contribution in [3.63, 3.8) is 0 Å². The van der Waals surface area contributed by atoms with Gasteiger partial charge in [0, 0.05) is 4.88 Å². The van der Waals surface area contributed by atoms with Crippen LogP contribution in [0.25, 0.3) is 0 Å². The first-order chi connectivity index (χ1) is 10.2. The molecule has 5 nitrogen and oxygen atoms in total. The van der Waals surface area contributed by atoms with Crippen LogP contribution in [0.2, 0.25) is 0 Å². The molecule has 0 fully saturated rings. The smallest absolute Gasteiger partial charge is 0.192 e. The number of nitrogens with one attached hydrogen (secondary N) is 2. The van der Waals surface area contributed by atoms with Crippen molar-refractivity contribution in [2.75, 3.05) is 12.4 Å². The fourth-order valence-electron chi connectivity index (χ4n) is 2.70. The Morgan fingerprint density at radius 3 is 2.77 bits per heavy atom. The summed E-state index contributed by atoms with van der Waals surface area (Å²) in [6.07, 6.45) is 3.07. The highest BCUT2D eigenvalue weighted by atomic mass is 79.9. The highest BCUT2D eigenvalue weighted by Crippen LogP contribution is 2.37. The lowest BCUT2D eigenvalue weighted by atomic mass is 9.85. The van der Waals surface area contributed by atoms with E-state index in [0.29, 0.717) is 5.92 Å². The van der Waals surface area contributed by atoms with Crippen LogP contribution in [0.5, 0.6) is 5.75 Å². The van der Waals surface area contributed by atoms with E-state index in [-0.39, 0.29) is 22.9 Å². The third kappa shape index (κ3) is 3.59. The largest absolute Gasteiger partial charge is 0.497 e. The van der Waals surface area contributed by atoms with Crippen LogP contribution in [0, 0.1) is 5.41 Å². The van der Waals surface area contributed by atoms with Crippen molar-refractivity contribution in [2.45, 2.75) is 25.2 Å². The highest BCUT2D eigenvalue weighted by molar-refractivity contribution is 8.93. The number of ether oxygens (including phenoxy) is 1. The number of guanidine groups is 1. The molecule has 1 atom stereocenters. The van der Waals surface area contributed by atoms with Crippen LogP contribution in [0.1, 0.15) is 28.5 Å². The molecule has 2 aromatic rings. The van der Waals surface area contributed by atoms with Gasteiger partial charge in [-0.3, -0.25) is 5.41 Å². The predicted octanol–water partition coefficient (Wildman–Crippen LogP) is 3.31. The number of hydrogen-bond acceptors (Lipinski definition) is 4. The summed E-state index contributed by atoms with van der Waals surface area (Å²) in [6, 6.07) is 8.31. The summed E-state index contributed by atoms with van der Waals surface area (Å²) in [5.41, 5.74) is 7.85. The van der Waals surface area contributed by atoms with Gasteiger partial charge in [-0.15, -0.1) is 28.3 Å². The van der Waals surface area contributed by atoms with Gasteiger partial charge in [0.15, 0.2) is 11.1 Å². The molecule has 1 aliphatic carbocycles. The van der Waals surface area contributed by atoms with E-state index in [1.54, 1.807) is 18.4 Å². The number of rotatable bonds is 3. The lowest BCUT2D eigenvalue weighted by Crippen LogP contribution is -2.20. The van der Waals surface area contributed by atoms with E-state index >= 15 is 0 Å². The zero-order valence-corrected chi connectivity index (χ0v) is 14.8. The quantitative estimate of drug-likeness (QED) is 0.561. The normalized spacial score (nSPS) is 16.3. The average molecular weight is 383 g/mol. The Kier molecular flexibility index (Phi) is 5.42. The maximum atomic E-state index is 7.28. The molecule has 0 radical (unpaired) electrons. The summed E-state index contributed by atoms with van der Waals surface area (Å²) < 4.78 is 5.20. The third-order valence-electron chi connectivity index (χ3n) is 3.77. The predicted molar refractivity (Wildman–Crippen MR) is 95.7 cm³/mol. The third-order valence-corrected chi connectivity index (χ3v) is 4.80. The molecule has 22 heavy (non-hydrogen) atoms. The fourth-order valence-corrected chi connectivity index (χ4v) is 3.80. The number of anilines is 1. The fraction of sp³-hybridized carbons (Fsp3) is 0.333. The van der Waals surface area contributed by atoms with Crippen LogP contribution >= 0.6 is 28.3 Å². The zero-order valence-electron chi connectivity index (χ0n) is 12.3. The molecule has 118 valence electrons. The molecular weight excluding hydrogens is 364 g/mol. The molecule has 0 bridgehead atoms. The molecule has 0 saturated heterocycles. The lowest BCUT2D eigenvalue weighted by Gasteiger charge is -2.21. The van der Waals surface area contributed by atoms with Crippen LogP contribution in [0.4, 0.5) is 5.13 Å². The topological polar surface area (TPSA) is 84.0 Å². The van der Waals surface area contributed by atoms with Gasteiger partial charge in [-0.1, -0.05) is 12.1 Å². The van der Waals surface area contributed by atoms with E-state index in [9.17, 15) is 0 Å². The van der Waals surface area contributed by atoms with E-state index in [1.165, 1.54) is 10.4 Å². The number of nitrogens with zero attached hydrogens (tertiary/aromatic N) is 1. The first kappa shape index (κ1) is 16.8. The van der Waals surface area contributed by atoms with Crippen molar-refractivity contribution in [2.24, 2.45) is 5.73 Å². The lowest BCUT2D eigenvalue weighted by molar-refractivity contribution is 0.414. The Bertz CT molecular complexity index is 656. The molecule has 1 aromatic heterocycles. The summed E-state index contributed by atoms with van der Waals surface area (Å²) in [5, 5.41) is 10.8. The Morgan fingerprint density at radius 2 is 2.14 bits per heavy atom. The van der Waals surface area contributed by atoms with E-state index in [1.807, 2.05) is 12.1 Å². The van der Waals surface area contributed by atoms with Gasteiger partial charge < -0.3 is 15.8 Å². The minimum Gasteiger partial charge on any atom is -0.497 e. The summed E-state index contributed by atoms with van der Waals surface area (Å²) in [4.78, 5) is 5.81. The molecule has 0 amide bonds. The van der Waals surface area contributed by atoms with Crippen LogP contribution in [-0.2, 0) is 12.8 Å². The number of thiazole rings is 1.